The predicted molar refractivity (Wildman–Crippen MR) is 155 cm³/mol. The number of fused-ring (bicyclic) bond motifs is 2. The van der Waals surface area contributed by atoms with E-state index < -0.39 is 20.0 Å². The molecule has 0 radical (unpaired) electrons. The summed E-state index contributed by atoms with van der Waals surface area (Å²) in [5, 5.41) is 9.77. The molecule has 4 atom stereocenters. The molecule has 3 aromatic rings. The van der Waals surface area contributed by atoms with Crippen molar-refractivity contribution in [2.24, 2.45) is 5.92 Å². The van der Waals surface area contributed by atoms with Crippen LogP contribution in [0.3, 0.4) is 0 Å². The van der Waals surface area contributed by atoms with Gasteiger partial charge in [-0.15, -0.1) is 0 Å². The van der Waals surface area contributed by atoms with Gasteiger partial charge in [-0.1, -0.05) is 35.0 Å². The van der Waals surface area contributed by atoms with Gasteiger partial charge >= 0.3 is 0 Å². The predicted octanol–water partition coefficient (Wildman–Crippen LogP) is 4.34. The maximum Gasteiger partial charge on any atom is 0.297 e. The quantitative estimate of drug-likeness (QED) is 0.385. The van der Waals surface area contributed by atoms with Crippen LogP contribution in [0.1, 0.15) is 24.5 Å². The van der Waals surface area contributed by atoms with Crippen LogP contribution in [-0.2, 0) is 21.7 Å². The number of ether oxygens (including phenoxy) is 2. The standard InChI is InChI=1S/C29H33BrN2O6Si/c1-18-26(39(3,4)36)24(12-14-33)38-29(18)22-16-20(30)10-11-23(22)32(28(29)35)17-19-7-5-8-21(15-19)31-13-6-9-25(37-2)27(31)34/h5-11,13,15-16,18,24,26,33,36H,12,14,17H2,1-4H3/t18-,24+,26-,29+/m0/s1. The van der Waals surface area contributed by atoms with Crippen LogP contribution in [0.2, 0.25) is 18.6 Å². The Morgan fingerprint density at radius 1 is 1.13 bits per heavy atom. The normalized spacial score (nSPS) is 24.4. The number of carbonyl (C=O) groups excluding carboxylic acids is 1. The van der Waals surface area contributed by atoms with Crippen molar-refractivity contribution in [3.63, 3.8) is 0 Å². The summed E-state index contributed by atoms with van der Waals surface area (Å²) in [6.07, 6.45) is 1.60. The van der Waals surface area contributed by atoms with Crippen LogP contribution in [0.25, 0.3) is 5.69 Å². The minimum absolute atomic E-state index is 0.0892. The Morgan fingerprint density at radius 3 is 2.59 bits per heavy atom. The molecule has 0 unspecified atom stereocenters. The molecule has 0 aliphatic carbocycles. The molecule has 39 heavy (non-hydrogen) atoms. The van der Waals surface area contributed by atoms with Crippen molar-refractivity contribution in [1.29, 1.82) is 0 Å². The largest absolute Gasteiger partial charge is 0.491 e. The van der Waals surface area contributed by atoms with Crippen molar-refractivity contribution in [2.45, 2.75) is 50.2 Å². The van der Waals surface area contributed by atoms with E-state index in [-0.39, 0.29) is 41.8 Å². The third-order valence-corrected chi connectivity index (χ3v) is 11.0. The number of aliphatic hydroxyl groups is 1. The van der Waals surface area contributed by atoms with Crippen molar-refractivity contribution >= 4 is 35.8 Å². The third-order valence-electron chi connectivity index (χ3n) is 8.02. The van der Waals surface area contributed by atoms with Crippen molar-refractivity contribution in [3.8, 4) is 11.4 Å². The van der Waals surface area contributed by atoms with Crippen LogP contribution in [-0.4, -0.2) is 48.5 Å². The van der Waals surface area contributed by atoms with Crippen molar-refractivity contribution in [3.05, 3.63) is 86.7 Å². The zero-order valence-corrected chi connectivity index (χ0v) is 25.0. The molecule has 2 aromatic carbocycles. The van der Waals surface area contributed by atoms with Crippen LogP contribution in [0.5, 0.6) is 5.75 Å². The number of amides is 1. The highest BCUT2D eigenvalue weighted by Gasteiger charge is 2.66. The lowest BCUT2D eigenvalue weighted by Gasteiger charge is -2.32. The lowest BCUT2D eigenvalue weighted by Crippen LogP contribution is -2.46. The summed E-state index contributed by atoms with van der Waals surface area (Å²) in [6.45, 7) is 5.90. The number of aliphatic hydroxyl groups excluding tert-OH is 1. The summed E-state index contributed by atoms with van der Waals surface area (Å²) in [5.74, 6) is -0.238. The first-order valence-electron chi connectivity index (χ1n) is 13.0. The second kappa shape index (κ2) is 10.3. The molecule has 1 aromatic heterocycles. The van der Waals surface area contributed by atoms with Crippen molar-refractivity contribution in [1.82, 2.24) is 4.57 Å². The minimum atomic E-state index is -2.76. The van der Waals surface area contributed by atoms with E-state index in [9.17, 15) is 19.5 Å². The number of hydrogen-bond acceptors (Lipinski definition) is 6. The second-order valence-corrected chi connectivity index (χ2v) is 15.7. The van der Waals surface area contributed by atoms with Gasteiger partial charge in [-0.25, -0.2) is 0 Å². The number of benzene rings is 2. The second-order valence-electron chi connectivity index (χ2n) is 10.8. The Bertz CT molecular complexity index is 1470. The van der Waals surface area contributed by atoms with E-state index in [2.05, 4.69) is 15.9 Å². The molecule has 8 nitrogen and oxygen atoms in total. The van der Waals surface area contributed by atoms with E-state index in [0.29, 0.717) is 12.1 Å². The number of nitrogens with zero attached hydrogens (tertiary/aromatic N) is 2. The third kappa shape index (κ3) is 4.58. The molecule has 2 aliphatic heterocycles. The maximum atomic E-state index is 14.4. The maximum absolute atomic E-state index is 14.4. The van der Waals surface area contributed by atoms with Gasteiger partial charge in [0.05, 0.1) is 25.4 Å². The number of methoxy groups -OCH3 is 1. The van der Waals surface area contributed by atoms with E-state index in [1.54, 1.807) is 23.2 Å². The molecule has 1 saturated heterocycles. The van der Waals surface area contributed by atoms with Crippen molar-refractivity contribution in [2.75, 3.05) is 18.6 Å². The van der Waals surface area contributed by atoms with Gasteiger partial charge in [-0.2, -0.15) is 0 Å². The zero-order valence-electron chi connectivity index (χ0n) is 22.4. The van der Waals surface area contributed by atoms with Crippen LogP contribution in [0.15, 0.2) is 70.1 Å². The minimum Gasteiger partial charge on any atom is -0.491 e. The summed E-state index contributed by atoms with van der Waals surface area (Å²) < 4.78 is 14.2. The molecule has 2 N–H and O–H groups in total. The Hall–Kier alpha value is -2.76. The molecule has 1 fully saturated rings. The highest BCUT2D eigenvalue weighted by atomic mass is 79.9. The first-order chi connectivity index (χ1) is 18.5. The number of carbonyl (C=O) groups is 1. The van der Waals surface area contributed by atoms with Gasteiger partial charge < -0.3 is 24.3 Å². The molecule has 0 bridgehead atoms. The van der Waals surface area contributed by atoms with Gasteiger partial charge in [0.1, 0.15) is 0 Å². The molecule has 10 heteroatoms. The monoisotopic (exact) mass is 612 g/mol. The summed E-state index contributed by atoms with van der Waals surface area (Å²) in [7, 11) is -1.30. The van der Waals surface area contributed by atoms with Crippen LogP contribution < -0.4 is 15.2 Å². The number of anilines is 1. The Morgan fingerprint density at radius 2 is 1.90 bits per heavy atom. The highest BCUT2D eigenvalue weighted by Crippen LogP contribution is 2.60. The Kier molecular flexibility index (Phi) is 7.36. The van der Waals surface area contributed by atoms with Crippen molar-refractivity contribution < 1.29 is 24.2 Å². The van der Waals surface area contributed by atoms with Crippen LogP contribution >= 0.6 is 15.9 Å². The van der Waals surface area contributed by atoms with Gasteiger partial charge in [0.15, 0.2) is 19.7 Å². The van der Waals surface area contributed by atoms with E-state index in [0.717, 1.165) is 21.3 Å². The average molecular weight is 614 g/mol. The summed E-state index contributed by atoms with van der Waals surface area (Å²) >= 11 is 3.57. The smallest absolute Gasteiger partial charge is 0.297 e. The molecule has 0 saturated carbocycles. The lowest BCUT2D eigenvalue weighted by atomic mass is 9.82. The van der Waals surface area contributed by atoms with E-state index in [4.69, 9.17) is 9.47 Å². The topological polar surface area (TPSA) is 101 Å². The van der Waals surface area contributed by atoms with Gasteiger partial charge in [0.2, 0.25) is 0 Å². The molecule has 3 heterocycles. The summed E-state index contributed by atoms with van der Waals surface area (Å²) in [5.41, 5.74) is 1.25. The molecule has 1 spiro atoms. The summed E-state index contributed by atoms with van der Waals surface area (Å²) in [6, 6.07) is 16.6. The molecular formula is C29H33BrN2O6Si. The number of pyridine rings is 1. The lowest BCUT2D eigenvalue weighted by molar-refractivity contribution is -0.146. The Labute approximate surface area is 237 Å². The SMILES string of the molecule is COc1cccn(-c2cccc(CN3C(=O)[C@]4(O[C@H](CCO)[C@@H]([Si](C)(C)O)[C@@H]4C)c4cc(Br)ccc43)c2)c1=O. The Balaban J connectivity index is 1.56. The average Bonchev–Trinajstić information content (AvgIpc) is 3.31. The number of aromatic nitrogens is 1. The van der Waals surface area contributed by atoms with E-state index >= 15 is 0 Å². The van der Waals surface area contributed by atoms with E-state index in [1.165, 1.54) is 11.7 Å². The fourth-order valence-electron chi connectivity index (χ4n) is 6.42. The molecule has 5 rings (SSSR count). The van der Waals surface area contributed by atoms with Gasteiger partial charge in [0.25, 0.3) is 11.5 Å². The van der Waals surface area contributed by atoms with Gasteiger partial charge in [-0.3, -0.25) is 14.2 Å². The molecule has 2 aliphatic rings. The fraction of sp³-hybridized carbons (Fsp3) is 0.379. The number of rotatable bonds is 7. The van der Waals surface area contributed by atoms with Gasteiger partial charge in [-0.05, 0) is 67.5 Å². The number of halogens is 1. The number of hydrogen-bond donors (Lipinski definition) is 2. The summed E-state index contributed by atoms with van der Waals surface area (Å²) in [4.78, 5) is 40.2. The first-order valence-corrected chi connectivity index (χ1v) is 16.8. The van der Waals surface area contributed by atoms with Crippen LogP contribution in [0, 0.1) is 5.92 Å². The van der Waals surface area contributed by atoms with Crippen LogP contribution in [0.4, 0.5) is 5.69 Å². The first kappa shape index (κ1) is 27.8. The molecule has 1 amide bonds. The molecule has 206 valence electrons. The van der Waals surface area contributed by atoms with Gasteiger partial charge in [0, 0.05) is 40.0 Å². The zero-order chi connectivity index (χ0) is 28.1. The fourth-order valence-corrected chi connectivity index (χ4v) is 9.39. The highest BCUT2D eigenvalue weighted by molar-refractivity contribution is 9.10. The molecular weight excluding hydrogens is 580 g/mol. The van der Waals surface area contributed by atoms with E-state index in [1.807, 2.05) is 62.5 Å².